The number of nitrogens with zero attached hydrogens (tertiary/aromatic N) is 1. The molecule has 1 saturated carbocycles. The topological polar surface area (TPSA) is 29.5 Å². The lowest BCUT2D eigenvalue weighted by molar-refractivity contribution is -0.937. The molecule has 2 heterocycles. The van der Waals surface area contributed by atoms with Crippen molar-refractivity contribution in [3.8, 4) is 11.5 Å². The molecule has 2 unspecified atom stereocenters. The number of hydrogen-bond acceptors (Lipinski definition) is 2. The number of phenolic OH excluding ortho intramolecular Hbond substituents is 1. The minimum atomic E-state index is -0.0253. The third kappa shape index (κ3) is 1.64. The van der Waals surface area contributed by atoms with Crippen LogP contribution in [0.2, 0.25) is 0 Å². The Morgan fingerprint density at radius 3 is 2.88 bits per heavy atom. The zero-order chi connectivity index (χ0) is 17.7. The van der Waals surface area contributed by atoms with Crippen molar-refractivity contribution in [3.05, 3.63) is 46.6 Å². The number of quaternary nitrogens is 1. The van der Waals surface area contributed by atoms with Gasteiger partial charge in [0.25, 0.3) is 0 Å². The highest BCUT2D eigenvalue weighted by atomic mass is 16.5. The second-order valence-corrected chi connectivity index (χ2v) is 9.60. The monoisotopic (exact) mass is 350 g/mol. The molecule has 0 amide bonds. The summed E-state index contributed by atoms with van der Waals surface area (Å²) in [6.45, 7) is 4.74. The highest BCUT2D eigenvalue weighted by Gasteiger charge is 2.64. The van der Waals surface area contributed by atoms with Crippen molar-refractivity contribution in [2.75, 3.05) is 20.1 Å². The normalized spacial score (nSPS) is 39.5. The van der Waals surface area contributed by atoms with Crippen LogP contribution in [-0.2, 0) is 11.8 Å². The second-order valence-electron chi connectivity index (χ2n) is 9.60. The fourth-order valence-corrected chi connectivity index (χ4v) is 6.73. The molecule has 0 radical (unpaired) electrons. The van der Waals surface area contributed by atoms with Gasteiger partial charge in [-0.1, -0.05) is 24.6 Å². The van der Waals surface area contributed by atoms with Crippen molar-refractivity contribution in [3.63, 3.8) is 0 Å². The molecule has 6 rings (SSSR count). The Morgan fingerprint density at radius 2 is 2.12 bits per heavy atom. The molecule has 1 aromatic carbocycles. The van der Waals surface area contributed by atoms with Gasteiger partial charge in [0.05, 0.1) is 25.6 Å². The minimum absolute atomic E-state index is 0.0253. The van der Waals surface area contributed by atoms with Gasteiger partial charge in [0, 0.05) is 29.9 Å². The Hall–Kier alpha value is -1.74. The van der Waals surface area contributed by atoms with Crippen molar-refractivity contribution < 1.29 is 14.3 Å². The average molecular weight is 350 g/mol. The van der Waals surface area contributed by atoms with Crippen molar-refractivity contribution in [2.24, 2.45) is 5.92 Å². The summed E-state index contributed by atoms with van der Waals surface area (Å²) in [7, 11) is 2.50. The van der Waals surface area contributed by atoms with E-state index in [1.54, 1.807) is 5.57 Å². The molecule has 1 N–H and O–H groups in total. The number of ether oxygens (including phenoxy) is 1. The van der Waals surface area contributed by atoms with Crippen molar-refractivity contribution in [1.82, 2.24) is 0 Å². The van der Waals surface area contributed by atoms with E-state index in [1.807, 2.05) is 6.07 Å². The summed E-state index contributed by atoms with van der Waals surface area (Å²) in [5, 5.41) is 10.5. The molecule has 3 heteroatoms. The number of phenols is 1. The van der Waals surface area contributed by atoms with E-state index in [-0.39, 0.29) is 11.5 Å². The number of hydrogen-bond donors (Lipinski definition) is 1. The summed E-state index contributed by atoms with van der Waals surface area (Å²) in [4.78, 5) is 0. The van der Waals surface area contributed by atoms with Gasteiger partial charge in [0.2, 0.25) is 0 Å². The number of benzene rings is 1. The Morgan fingerprint density at radius 1 is 1.27 bits per heavy atom. The van der Waals surface area contributed by atoms with Crippen LogP contribution >= 0.6 is 0 Å². The smallest absolute Gasteiger partial charge is 0.166 e. The van der Waals surface area contributed by atoms with Gasteiger partial charge in [-0.15, -0.1) is 0 Å². The molecule has 0 aromatic heterocycles. The third-order valence-electron chi connectivity index (χ3n) is 8.25. The van der Waals surface area contributed by atoms with Crippen LogP contribution in [-0.4, -0.2) is 41.9 Å². The minimum Gasteiger partial charge on any atom is -0.504 e. The van der Waals surface area contributed by atoms with Crippen LogP contribution in [0.4, 0.5) is 0 Å². The van der Waals surface area contributed by atoms with Crippen LogP contribution in [0.3, 0.4) is 0 Å². The fraction of sp³-hybridized carbons (Fsp3) is 0.565. The van der Waals surface area contributed by atoms with Crippen molar-refractivity contribution >= 4 is 0 Å². The Kier molecular flexibility index (Phi) is 2.80. The first-order valence-corrected chi connectivity index (χ1v) is 10.3. The quantitative estimate of drug-likeness (QED) is 0.821. The van der Waals surface area contributed by atoms with E-state index in [2.05, 4.69) is 32.2 Å². The summed E-state index contributed by atoms with van der Waals surface area (Å²) < 4.78 is 7.63. The van der Waals surface area contributed by atoms with E-state index in [4.69, 9.17) is 4.74 Å². The van der Waals surface area contributed by atoms with Crippen LogP contribution in [0.1, 0.15) is 43.7 Å². The molecule has 2 bridgehead atoms. The van der Waals surface area contributed by atoms with E-state index in [1.165, 1.54) is 53.5 Å². The van der Waals surface area contributed by atoms with Gasteiger partial charge in [0.1, 0.15) is 12.1 Å². The predicted octanol–water partition coefficient (Wildman–Crippen LogP) is 3.85. The predicted molar refractivity (Wildman–Crippen MR) is 101 cm³/mol. The number of piperidine rings is 1. The van der Waals surface area contributed by atoms with E-state index in [0.29, 0.717) is 11.8 Å². The lowest BCUT2D eigenvalue weighted by Gasteiger charge is -2.58. The molecule has 136 valence electrons. The molecular weight excluding hydrogens is 322 g/mol. The first-order valence-electron chi connectivity index (χ1n) is 10.3. The van der Waals surface area contributed by atoms with Crippen LogP contribution in [0.15, 0.2) is 35.4 Å². The SMILES string of the molecule is CC1=CC=C2C3Cc4ccc(O)c5c4[C@@]2(CC[N+]3(C)CC2CCC2)[C@H]1O5. The van der Waals surface area contributed by atoms with E-state index in [9.17, 15) is 5.11 Å². The maximum absolute atomic E-state index is 10.5. The number of allylic oxidation sites excluding steroid dienone is 2. The van der Waals surface area contributed by atoms with Crippen LogP contribution < -0.4 is 4.74 Å². The van der Waals surface area contributed by atoms with E-state index in [0.717, 1.165) is 24.5 Å². The number of rotatable bonds is 2. The molecule has 3 aliphatic carbocycles. The maximum atomic E-state index is 10.5. The second kappa shape index (κ2) is 4.75. The number of aromatic hydroxyl groups is 1. The van der Waals surface area contributed by atoms with Crippen LogP contribution in [0.5, 0.6) is 11.5 Å². The van der Waals surface area contributed by atoms with Gasteiger partial charge >= 0.3 is 0 Å². The van der Waals surface area contributed by atoms with Gasteiger partial charge in [-0.2, -0.15) is 0 Å². The van der Waals surface area contributed by atoms with Crippen LogP contribution in [0, 0.1) is 5.92 Å². The Bertz CT molecular complexity index is 880. The summed E-state index contributed by atoms with van der Waals surface area (Å²) >= 11 is 0. The molecule has 1 saturated heterocycles. The van der Waals surface area contributed by atoms with Gasteiger partial charge in [0.15, 0.2) is 11.5 Å². The average Bonchev–Trinajstić information content (AvgIpc) is 2.95. The van der Waals surface area contributed by atoms with Gasteiger partial charge in [-0.3, -0.25) is 0 Å². The van der Waals surface area contributed by atoms with Gasteiger partial charge in [-0.25, -0.2) is 0 Å². The molecule has 5 aliphatic rings. The fourth-order valence-electron chi connectivity index (χ4n) is 6.73. The Balaban J connectivity index is 1.55. The first kappa shape index (κ1) is 15.3. The summed E-state index contributed by atoms with van der Waals surface area (Å²) in [5.74, 6) is 2.00. The molecule has 1 spiro atoms. The van der Waals surface area contributed by atoms with Crippen molar-refractivity contribution in [1.29, 1.82) is 0 Å². The summed E-state index contributed by atoms with van der Waals surface area (Å²) in [5.41, 5.74) is 5.58. The molecular formula is C23H28NO2+. The van der Waals surface area contributed by atoms with E-state index >= 15 is 0 Å². The molecule has 4 atom stereocenters. The number of likely N-dealkylation sites (N-methyl/N-ethyl adjacent to an activating group) is 1. The largest absolute Gasteiger partial charge is 0.504 e. The standard InChI is InChI=1S/C23H27NO2/c1-14-6-8-17-18-12-16-7-9-19(25)21-20(16)23(17,22(14)26-21)10-11-24(18,2)13-15-4-3-5-15/h6-9,15,18,22H,3-5,10-13H2,1-2H3/p+1/t18?,22-,23-,24?/m0/s1. The molecule has 2 fully saturated rings. The van der Waals surface area contributed by atoms with Crippen LogP contribution in [0.25, 0.3) is 0 Å². The first-order chi connectivity index (χ1) is 12.5. The summed E-state index contributed by atoms with van der Waals surface area (Å²) in [6.07, 6.45) is 11.3. The van der Waals surface area contributed by atoms with Gasteiger partial charge in [-0.05, 0) is 37.0 Å². The lowest BCUT2D eigenvalue weighted by atomic mass is 9.55. The Labute approximate surface area is 155 Å². The highest BCUT2D eigenvalue weighted by molar-refractivity contribution is 5.67. The molecule has 1 aromatic rings. The highest BCUT2D eigenvalue weighted by Crippen LogP contribution is 2.63. The maximum Gasteiger partial charge on any atom is 0.166 e. The molecule has 26 heavy (non-hydrogen) atoms. The molecule has 3 nitrogen and oxygen atoms in total. The zero-order valence-corrected chi connectivity index (χ0v) is 15.8. The third-order valence-corrected chi connectivity index (χ3v) is 8.25. The zero-order valence-electron chi connectivity index (χ0n) is 15.8. The van der Waals surface area contributed by atoms with Gasteiger partial charge < -0.3 is 14.3 Å². The van der Waals surface area contributed by atoms with E-state index < -0.39 is 0 Å². The lowest BCUT2D eigenvalue weighted by Crippen LogP contribution is -2.67. The van der Waals surface area contributed by atoms with Crippen molar-refractivity contribution in [2.45, 2.75) is 56.6 Å². The number of likely N-dealkylation sites (tertiary alicyclic amines) is 1. The summed E-state index contributed by atoms with van der Waals surface area (Å²) in [6, 6.07) is 4.57. The molecule has 2 aliphatic heterocycles.